The van der Waals surface area contributed by atoms with Crippen molar-refractivity contribution in [1.82, 2.24) is 0 Å². The van der Waals surface area contributed by atoms with Crippen LogP contribution in [0.3, 0.4) is 0 Å². The minimum absolute atomic E-state index is 0.465. The molecule has 4 N–H and O–H groups in total. The van der Waals surface area contributed by atoms with Gasteiger partial charge in [-0.2, -0.15) is 0 Å². The molecule has 1 rings (SSSR count). The van der Waals surface area contributed by atoms with Crippen LogP contribution in [0.25, 0.3) is 13.2 Å². The molecular formula is C8H8N2. The van der Waals surface area contributed by atoms with Crippen LogP contribution in [-0.4, -0.2) is 0 Å². The zero-order valence-corrected chi connectivity index (χ0v) is 5.46. The molecule has 0 saturated carbocycles. The minimum atomic E-state index is 0.465. The van der Waals surface area contributed by atoms with E-state index in [0.717, 1.165) is 0 Å². The lowest BCUT2D eigenvalue weighted by molar-refractivity contribution is -0.173. The van der Waals surface area contributed by atoms with Crippen molar-refractivity contribution in [3.63, 3.8) is 0 Å². The second-order valence-corrected chi connectivity index (χ2v) is 2.11. The third kappa shape index (κ3) is 0.925. The summed E-state index contributed by atoms with van der Waals surface area (Å²) in [6.45, 7) is 10.9. The highest BCUT2D eigenvalue weighted by Crippen LogP contribution is 1.77. The Morgan fingerprint density at radius 3 is 2.80 bits per heavy atom. The van der Waals surface area contributed by atoms with Gasteiger partial charge in [-0.3, -0.25) is 12.0 Å². The van der Waals surface area contributed by atoms with Gasteiger partial charge in [-0.1, -0.05) is 10.4 Å². The Morgan fingerprint density at radius 2 is 2.30 bits per heavy atom. The van der Waals surface area contributed by atoms with Gasteiger partial charge >= 0.3 is 0 Å². The fourth-order valence-corrected chi connectivity index (χ4v) is 0.668. The van der Waals surface area contributed by atoms with E-state index in [0.29, 0.717) is 21.5 Å². The van der Waals surface area contributed by atoms with Gasteiger partial charge in [0.1, 0.15) is 5.36 Å². The molecule has 0 aliphatic carbocycles. The molecule has 0 saturated heterocycles. The molecule has 0 atom stereocenters. The van der Waals surface area contributed by atoms with Gasteiger partial charge in [0.25, 0.3) is 0 Å². The van der Waals surface area contributed by atoms with Crippen LogP contribution >= 0.6 is 0 Å². The zero-order valence-electron chi connectivity index (χ0n) is 5.46. The summed E-state index contributed by atoms with van der Waals surface area (Å²) in [5.41, 5.74) is 5.89. The van der Waals surface area contributed by atoms with E-state index in [9.17, 15) is 0 Å². The van der Waals surface area contributed by atoms with Crippen molar-refractivity contribution in [1.29, 1.82) is 0 Å². The normalized spacial score (nSPS) is 9.50. The predicted molar refractivity (Wildman–Crippen MR) is 39.7 cm³/mol. The van der Waals surface area contributed by atoms with Crippen molar-refractivity contribution in [3.8, 4) is 0 Å². The maximum absolute atomic E-state index is 5.43. The van der Waals surface area contributed by atoms with Crippen molar-refractivity contribution in [3.05, 3.63) is 27.9 Å². The molecule has 2 heteroatoms. The highest BCUT2D eigenvalue weighted by Gasteiger charge is 1.82. The van der Waals surface area contributed by atoms with Crippen LogP contribution in [0, 0.1) is 0 Å². The predicted octanol–water partition coefficient (Wildman–Crippen LogP) is -2.78. The Kier molecular flexibility index (Phi) is 1.32. The second-order valence-electron chi connectivity index (χ2n) is 2.11. The Bertz CT molecular complexity index is 387. The molecule has 0 aliphatic rings. The number of hydrogen-bond acceptors (Lipinski definition) is 1. The molecule has 1 aromatic rings. The second kappa shape index (κ2) is 2.01. The first kappa shape index (κ1) is 6.59. The third-order valence-electron chi connectivity index (χ3n) is 1.29. The molecule has 10 heavy (non-hydrogen) atoms. The maximum atomic E-state index is 5.43. The summed E-state index contributed by atoms with van der Waals surface area (Å²) in [4.78, 5) is 0. The smallest absolute Gasteiger partial charge is 0.134 e. The molecule has 2 nitrogen and oxygen atoms in total. The highest BCUT2D eigenvalue weighted by atomic mass is 14.5. The first-order valence-corrected chi connectivity index (χ1v) is 2.81. The van der Waals surface area contributed by atoms with Gasteiger partial charge in [-0.15, -0.1) is 12.6 Å². The number of nitrogen functional groups attached to an aromatic ring is 1. The summed E-state index contributed by atoms with van der Waals surface area (Å²) in [5.74, 6) is 0. The van der Waals surface area contributed by atoms with E-state index in [4.69, 9.17) is 24.3 Å². The Morgan fingerprint density at radius 1 is 1.70 bits per heavy atom. The zero-order chi connectivity index (χ0) is 7.72. The van der Waals surface area contributed by atoms with Crippen molar-refractivity contribution in [2.45, 2.75) is 0 Å². The summed E-state index contributed by atoms with van der Waals surface area (Å²) in [7, 11) is 0. The number of hydrogen-bond donors (Lipinski definition) is 2. The average Bonchev–Trinajstić information content (AvgIpc) is 1.84. The number of anilines is 1. The molecule has 0 bridgehead atoms. The Labute approximate surface area is 58.8 Å². The van der Waals surface area contributed by atoms with Gasteiger partial charge in [0.2, 0.25) is 0 Å². The van der Waals surface area contributed by atoms with Crippen LogP contribution in [0.15, 0.2) is 12.1 Å². The van der Waals surface area contributed by atoms with Crippen molar-refractivity contribution < 1.29 is 5.41 Å². The fraction of sp³-hybridized carbons (Fsp3) is 0. The lowest BCUT2D eigenvalue weighted by atomic mass is 10.2. The average molecular weight is 132 g/mol. The van der Waals surface area contributed by atoms with Crippen LogP contribution in [0.1, 0.15) is 0 Å². The Hall–Kier alpha value is -1.53. The molecule has 0 spiro atoms. The van der Waals surface area contributed by atoms with Gasteiger partial charge in [0, 0.05) is 0 Å². The summed E-state index contributed by atoms with van der Waals surface area (Å²) in [6.07, 6.45) is 0. The van der Waals surface area contributed by atoms with Crippen molar-refractivity contribution in [2.75, 3.05) is 5.73 Å². The van der Waals surface area contributed by atoms with Gasteiger partial charge in [-0.05, 0) is 11.8 Å². The summed E-state index contributed by atoms with van der Waals surface area (Å²) in [5, 5.41) is 6.82. The largest absolute Gasteiger partial charge is 0.428 e. The minimum Gasteiger partial charge on any atom is -0.428 e. The van der Waals surface area contributed by atoms with Crippen LogP contribution in [0.2, 0.25) is 0 Å². The lowest BCUT2D eigenvalue weighted by Crippen LogP contribution is -2.53. The van der Waals surface area contributed by atoms with E-state index >= 15 is 0 Å². The molecule has 0 unspecified atom stereocenters. The van der Waals surface area contributed by atoms with E-state index in [-0.39, 0.29) is 0 Å². The van der Waals surface area contributed by atoms with E-state index in [1.165, 1.54) is 0 Å². The summed E-state index contributed by atoms with van der Waals surface area (Å²) >= 11 is 0. The Balaban J connectivity index is 3.76. The SMILES string of the molecule is [CH+]=c1[cH-]c(=[CH-])c(=[NH2+])cc1N. The first-order chi connectivity index (χ1) is 4.61. The third-order valence-corrected chi connectivity index (χ3v) is 1.29. The first-order valence-electron chi connectivity index (χ1n) is 2.81. The molecule has 0 aromatic heterocycles. The molecule has 50 valence electrons. The quantitative estimate of drug-likeness (QED) is 0.291. The van der Waals surface area contributed by atoms with Crippen LogP contribution in [0.4, 0.5) is 5.69 Å². The van der Waals surface area contributed by atoms with Crippen LogP contribution < -0.4 is 26.9 Å². The van der Waals surface area contributed by atoms with Crippen LogP contribution in [-0.2, 0) is 0 Å². The van der Waals surface area contributed by atoms with Crippen molar-refractivity contribution >= 4 is 18.8 Å². The number of rotatable bonds is 0. The molecule has 0 amide bonds. The topological polar surface area (TPSA) is 51.6 Å². The van der Waals surface area contributed by atoms with Crippen molar-refractivity contribution in [2.24, 2.45) is 0 Å². The van der Waals surface area contributed by atoms with E-state index in [1.807, 2.05) is 0 Å². The summed E-state index contributed by atoms with van der Waals surface area (Å²) in [6, 6.07) is 3.09. The lowest BCUT2D eigenvalue weighted by Gasteiger charge is -1.95. The molecule has 0 fully saturated rings. The van der Waals surface area contributed by atoms with Crippen LogP contribution in [0.5, 0.6) is 0 Å². The molecule has 0 aliphatic heterocycles. The fourth-order valence-electron chi connectivity index (χ4n) is 0.668. The maximum Gasteiger partial charge on any atom is 0.134 e. The van der Waals surface area contributed by atoms with Gasteiger partial charge < -0.3 is 5.73 Å². The van der Waals surface area contributed by atoms with Gasteiger partial charge in [0.15, 0.2) is 0 Å². The molecule has 1 aromatic carbocycles. The molecule has 0 heterocycles. The number of nitrogens with two attached hydrogens (primary N) is 2. The van der Waals surface area contributed by atoms with Gasteiger partial charge in [-0.25, -0.2) is 0 Å². The van der Waals surface area contributed by atoms with E-state index < -0.39 is 0 Å². The molecular weight excluding hydrogens is 124 g/mol. The van der Waals surface area contributed by atoms with E-state index in [2.05, 4.69) is 0 Å². The monoisotopic (exact) mass is 132 g/mol. The molecule has 0 radical (unpaired) electrons. The highest BCUT2D eigenvalue weighted by molar-refractivity contribution is 5.40. The number of benzene rings is 1. The van der Waals surface area contributed by atoms with E-state index in [1.54, 1.807) is 12.1 Å². The summed E-state index contributed by atoms with van der Waals surface area (Å²) < 4.78 is 0. The standard InChI is InChI=1S/C8H7N2/c1-5-3-6(2)8(10)4-7(5)9/h1-4,9H,10H2/q-1/p+1. The van der Waals surface area contributed by atoms with Gasteiger partial charge in [0.05, 0.1) is 0 Å².